The molecule has 0 aliphatic heterocycles. The zero-order valence-electron chi connectivity index (χ0n) is 10.7. The molecule has 0 saturated heterocycles. The van der Waals surface area contributed by atoms with Gasteiger partial charge in [0.05, 0.1) is 12.9 Å². The number of nitrogens with zero attached hydrogens (tertiary/aromatic N) is 2. The summed E-state index contributed by atoms with van der Waals surface area (Å²) in [6, 6.07) is 11.9. The van der Waals surface area contributed by atoms with Crippen LogP contribution in [-0.4, -0.2) is 15.3 Å². The van der Waals surface area contributed by atoms with Crippen LogP contribution >= 0.6 is 0 Å². The van der Waals surface area contributed by atoms with Gasteiger partial charge in [0.2, 0.25) is 0 Å². The molecule has 0 saturated carbocycles. The Morgan fingerprint density at radius 1 is 1.16 bits per heavy atom. The molecule has 19 heavy (non-hydrogen) atoms. The summed E-state index contributed by atoms with van der Waals surface area (Å²) in [5, 5.41) is 2.16. The smallest absolute Gasteiger partial charge is 0.183 e. The third kappa shape index (κ3) is 2.15. The molecule has 3 nitrogen and oxygen atoms in total. The first-order chi connectivity index (χ1) is 9.25. The van der Waals surface area contributed by atoms with Gasteiger partial charge in [0, 0.05) is 18.0 Å². The highest BCUT2D eigenvalue weighted by atomic mass is 16.1. The average Bonchev–Trinajstić information content (AvgIpc) is 2.92. The Bertz CT molecular complexity index is 730. The lowest BCUT2D eigenvalue weighted by Gasteiger charge is -2.08. The van der Waals surface area contributed by atoms with Gasteiger partial charge in [-0.15, -0.1) is 0 Å². The van der Waals surface area contributed by atoms with Crippen molar-refractivity contribution in [2.45, 2.75) is 13.5 Å². The molecule has 3 rings (SSSR count). The molecule has 1 heterocycles. The largest absolute Gasteiger partial charge is 0.330 e. The van der Waals surface area contributed by atoms with Gasteiger partial charge >= 0.3 is 0 Å². The Morgan fingerprint density at radius 3 is 2.68 bits per heavy atom. The van der Waals surface area contributed by atoms with Crippen molar-refractivity contribution in [1.29, 1.82) is 0 Å². The van der Waals surface area contributed by atoms with Crippen LogP contribution in [0.1, 0.15) is 15.9 Å². The molecule has 0 atom stereocenters. The van der Waals surface area contributed by atoms with E-state index in [9.17, 15) is 4.79 Å². The van der Waals surface area contributed by atoms with Gasteiger partial charge in [0.15, 0.2) is 5.78 Å². The summed E-state index contributed by atoms with van der Waals surface area (Å²) >= 11 is 0. The maximum absolute atomic E-state index is 12.4. The van der Waals surface area contributed by atoms with Crippen molar-refractivity contribution in [3.63, 3.8) is 0 Å². The van der Waals surface area contributed by atoms with Crippen molar-refractivity contribution in [2.24, 2.45) is 0 Å². The quantitative estimate of drug-likeness (QED) is 0.669. The molecule has 1 aromatic heterocycles. The van der Waals surface area contributed by atoms with Crippen molar-refractivity contribution >= 4 is 16.6 Å². The minimum atomic E-state index is 0.106. The van der Waals surface area contributed by atoms with Crippen LogP contribution in [0.5, 0.6) is 0 Å². The standard InChI is InChI=1S/C16H14N2O/c1-12-6-7-15(14-5-3-2-4-13(12)14)16(19)10-18-9-8-17-11-18/h2-9,11H,10H2,1H3. The van der Waals surface area contributed by atoms with Crippen molar-refractivity contribution in [1.82, 2.24) is 9.55 Å². The minimum Gasteiger partial charge on any atom is -0.330 e. The number of carbonyl (C=O) groups excluding carboxylic acids is 1. The predicted octanol–water partition coefficient (Wildman–Crippen LogP) is 3.23. The van der Waals surface area contributed by atoms with Crippen molar-refractivity contribution in [3.05, 3.63) is 66.2 Å². The van der Waals surface area contributed by atoms with E-state index in [0.29, 0.717) is 6.54 Å². The molecule has 0 N–H and O–H groups in total. The van der Waals surface area contributed by atoms with Crippen LogP contribution in [0.25, 0.3) is 10.8 Å². The summed E-state index contributed by atoms with van der Waals surface area (Å²) in [7, 11) is 0. The first-order valence-electron chi connectivity index (χ1n) is 6.23. The third-order valence-corrected chi connectivity index (χ3v) is 3.33. The second kappa shape index (κ2) is 4.69. The Hall–Kier alpha value is -2.42. The average molecular weight is 250 g/mol. The fourth-order valence-electron chi connectivity index (χ4n) is 2.32. The van der Waals surface area contributed by atoms with Crippen molar-refractivity contribution in [3.8, 4) is 0 Å². The molecule has 0 aliphatic rings. The number of imidazole rings is 1. The summed E-state index contributed by atoms with van der Waals surface area (Å²) in [6.07, 6.45) is 5.14. The Kier molecular flexibility index (Phi) is 2.88. The fraction of sp³-hybridized carbons (Fsp3) is 0.125. The van der Waals surface area contributed by atoms with Crippen LogP contribution < -0.4 is 0 Å². The Labute approximate surface area is 111 Å². The van der Waals surface area contributed by atoms with E-state index in [0.717, 1.165) is 16.3 Å². The molecule has 0 fully saturated rings. The maximum Gasteiger partial charge on any atom is 0.183 e. The zero-order chi connectivity index (χ0) is 13.2. The molecule has 0 unspecified atom stereocenters. The predicted molar refractivity (Wildman–Crippen MR) is 75.2 cm³/mol. The van der Waals surface area contributed by atoms with Gasteiger partial charge in [0.25, 0.3) is 0 Å². The SMILES string of the molecule is Cc1ccc(C(=O)Cn2ccnc2)c2ccccc12. The van der Waals surface area contributed by atoms with Crippen LogP contribution in [0.15, 0.2) is 55.1 Å². The summed E-state index contributed by atoms with van der Waals surface area (Å²) in [5.41, 5.74) is 1.96. The Morgan fingerprint density at radius 2 is 1.95 bits per heavy atom. The van der Waals surface area contributed by atoms with E-state index in [2.05, 4.69) is 18.0 Å². The number of carbonyl (C=O) groups is 1. The van der Waals surface area contributed by atoms with E-state index in [1.807, 2.05) is 30.3 Å². The molecule has 0 radical (unpaired) electrons. The van der Waals surface area contributed by atoms with Gasteiger partial charge in [-0.25, -0.2) is 4.98 Å². The number of aryl methyl sites for hydroxylation is 1. The number of aromatic nitrogens is 2. The van der Waals surface area contributed by atoms with Crippen molar-refractivity contribution < 1.29 is 4.79 Å². The van der Waals surface area contributed by atoms with Gasteiger partial charge in [-0.05, 0) is 23.3 Å². The number of Topliss-reactive ketones (excluding diaryl/α,β-unsaturated/α-hetero) is 1. The highest BCUT2D eigenvalue weighted by Gasteiger charge is 2.11. The van der Waals surface area contributed by atoms with Gasteiger partial charge in [0.1, 0.15) is 0 Å². The number of ketones is 1. The molecule has 94 valence electrons. The van der Waals surface area contributed by atoms with Crippen LogP contribution in [0.3, 0.4) is 0 Å². The molecule has 0 spiro atoms. The van der Waals surface area contributed by atoms with Gasteiger partial charge in [-0.3, -0.25) is 4.79 Å². The molecular formula is C16H14N2O. The monoisotopic (exact) mass is 250 g/mol. The number of benzene rings is 2. The first kappa shape index (κ1) is 11.7. The normalized spacial score (nSPS) is 10.8. The van der Waals surface area contributed by atoms with Gasteiger partial charge < -0.3 is 4.57 Å². The fourth-order valence-corrected chi connectivity index (χ4v) is 2.32. The molecule has 0 aliphatic carbocycles. The highest BCUT2D eigenvalue weighted by molar-refractivity contribution is 6.08. The van der Waals surface area contributed by atoms with Gasteiger partial charge in [-0.2, -0.15) is 0 Å². The molecule has 0 bridgehead atoms. The number of fused-ring (bicyclic) bond motifs is 1. The summed E-state index contributed by atoms with van der Waals surface area (Å²) in [6.45, 7) is 2.39. The zero-order valence-corrected chi connectivity index (χ0v) is 10.7. The van der Waals surface area contributed by atoms with Crippen LogP contribution in [0.4, 0.5) is 0 Å². The topological polar surface area (TPSA) is 34.9 Å². The Balaban J connectivity index is 2.05. The van der Waals surface area contributed by atoms with E-state index in [1.54, 1.807) is 23.3 Å². The lowest BCUT2D eigenvalue weighted by atomic mass is 9.98. The van der Waals surface area contributed by atoms with E-state index in [-0.39, 0.29) is 5.78 Å². The van der Waals surface area contributed by atoms with Crippen LogP contribution in [0.2, 0.25) is 0 Å². The van der Waals surface area contributed by atoms with Crippen LogP contribution in [-0.2, 0) is 6.54 Å². The van der Waals surface area contributed by atoms with E-state index in [4.69, 9.17) is 0 Å². The van der Waals surface area contributed by atoms with E-state index < -0.39 is 0 Å². The minimum absolute atomic E-state index is 0.106. The van der Waals surface area contributed by atoms with Gasteiger partial charge in [-0.1, -0.05) is 36.4 Å². The molecular weight excluding hydrogens is 236 g/mol. The number of rotatable bonds is 3. The maximum atomic E-state index is 12.4. The van der Waals surface area contributed by atoms with E-state index >= 15 is 0 Å². The second-order valence-electron chi connectivity index (χ2n) is 4.63. The lowest BCUT2D eigenvalue weighted by molar-refractivity contribution is 0.0973. The second-order valence-corrected chi connectivity index (χ2v) is 4.63. The lowest BCUT2D eigenvalue weighted by Crippen LogP contribution is -2.09. The summed E-state index contributed by atoms with van der Waals surface area (Å²) in [5.74, 6) is 0.106. The molecule has 3 heteroatoms. The highest BCUT2D eigenvalue weighted by Crippen LogP contribution is 2.23. The number of hydrogen-bond donors (Lipinski definition) is 0. The van der Waals surface area contributed by atoms with Crippen LogP contribution in [0, 0.1) is 6.92 Å². The summed E-state index contributed by atoms with van der Waals surface area (Å²) < 4.78 is 1.79. The molecule has 0 amide bonds. The number of hydrogen-bond acceptors (Lipinski definition) is 2. The first-order valence-corrected chi connectivity index (χ1v) is 6.23. The van der Waals surface area contributed by atoms with Crippen molar-refractivity contribution in [2.75, 3.05) is 0 Å². The third-order valence-electron chi connectivity index (χ3n) is 3.33. The molecule has 3 aromatic rings. The summed E-state index contributed by atoms with van der Waals surface area (Å²) in [4.78, 5) is 16.3. The molecule has 2 aromatic carbocycles. The van der Waals surface area contributed by atoms with E-state index in [1.165, 1.54) is 5.56 Å².